The average Bonchev–Trinajstić information content (AvgIpc) is 3.01. The van der Waals surface area contributed by atoms with Crippen molar-refractivity contribution in [2.45, 2.75) is 16.2 Å². The molecule has 10 nitrogen and oxygen atoms in total. The van der Waals surface area contributed by atoms with Crippen molar-refractivity contribution in [3.05, 3.63) is 48.0 Å². The van der Waals surface area contributed by atoms with Crippen LogP contribution in [0.4, 0.5) is 11.4 Å². The van der Waals surface area contributed by atoms with Crippen molar-refractivity contribution in [3.8, 4) is 0 Å². The van der Waals surface area contributed by atoms with Gasteiger partial charge < -0.3 is 5.32 Å². The van der Waals surface area contributed by atoms with Crippen LogP contribution in [0.15, 0.2) is 57.4 Å². The highest BCUT2D eigenvalue weighted by atomic mass is 32.2. The molecule has 28 heavy (non-hydrogen) atoms. The van der Waals surface area contributed by atoms with Gasteiger partial charge in [-0.1, -0.05) is 12.1 Å². The molecule has 3 rings (SSSR count). The zero-order valence-electron chi connectivity index (χ0n) is 14.4. The highest BCUT2D eigenvalue weighted by Crippen LogP contribution is 2.31. The molecule has 1 aliphatic rings. The SMILES string of the molecule is CNc1cccc(C2=NN(c3ccc(S(=O)(=O)O)cc3S(=O)(=O)O)C(=O)C2)c1. The maximum atomic E-state index is 12.4. The van der Waals surface area contributed by atoms with E-state index >= 15 is 0 Å². The maximum absolute atomic E-state index is 12.4. The number of nitrogens with one attached hydrogen (secondary N) is 1. The summed E-state index contributed by atoms with van der Waals surface area (Å²) in [5.41, 5.74) is 1.44. The van der Waals surface area contributed by atoms with Crippen molar-refractivity contribution >= 4 is 43.2 Å². The topological polar surface area (TPSA) is 153 Å². The van der Waals surface area contributed by atoms with Crippen LogP contribution >= 0.6 is 0 Å². The van der Waals surface area contributed by atoms with Crippen molar-refractivity contribution in [2.75, 3.05) is 17.4 Å². The van der Waals surface area contributed by atoms with Gasteiger partial charge in [-0.2, -0.15) is 26.9 Å². The van der Waals surface area contributed by atoms with Crippen LogP contribution in [0.25, 0.3) is 0 Å². The molecule has 12 heteroatoms. The van der Waals surface area contributed by atoms with Gasteiger partial charge in [-0.15, -0.1) is 0 Å². The van der Waals surface area contributed by atoms with Gasteiger partial charge in [-0.25, -0.2) is 0 Å². The summed E-state index contributed by atoms with van der Waals surface area (Å²) in [5.74, 6) is -0.575. The minimum atomic E-state index is -4.92. The minimum Gasteiger partial charge on any atom is -0.388 e. The van der Waals surface area contributed by atoms with Crippen LogP contribution < -0.4 is 10.3 Å². The molecule has 0 fully saturated rings. The quantitative estimate of drug-likeness (QED) is 0.607. The first-order valence-electron chi connectivity index (χ1n) is 7.78. The fourth-order valence-corrected chi connectivity index (χ4v) is 3.94. The van der Waals surface area contributed by atoms with Crippen molar-refractivity contribution in [2.24, 2.45) is 5.10 Å². The number of hydrogen-bond acceptors (Lipinski definition) is 7. The van der Waals surface area contributed by atoms with Gasteiger partial charge in [-0.05, 0) is 30.3 Å². The lowest BCUT2D eigenvalue weighted by atomic mass is 10.1. The first-order valence-corrected chi connectivity index (χ1v) is 10.7. The third-order valence-corrected chi connectivity index (χ3v) is 5.73. The first-order chi connectivity index (χ1) is 13.0. The van der Waals surface area contributed by atoms with Crippen molar-refractivity contribution < 1.29 is 30.7 Å². The second-order valence-corrected chi connectivity index (χ2v) is 8.65. The zero-order valence-corrected chi connectivity index (χ0v) is 16.0. The third-order valence-electron chi connectivity index (χ3n) is 4.00. The second-order valence-electron chi connectivity index (χ2n) is 5.84. The molecule has 0 aliphatic carbocycles. The molecule has 0 unspecified atom stereocenters. The van der Waals surface area contributed by atoms with E-state index in [-0.39, 0.29) is 12.1 Å². The van der Waals surface area contributed by atoms with Crippen molar-refractivity contribution in [1.29, 1.82) is 0 Å². The monoisotopic (exact) mass is 425 g/mol. The number of amides is 1. The van der Waals surface area contributed by atoms with E-state index in [4.69, 9.17) is 4.55 Å². The van der Waals surface area contributed by atoms with E-state index in [0.717, 1.165) is 22.8 Å². The predicted molar refractivity (Wildman–Crippen MR) is 101 cm³/mol. The summed E-state index contributed by atoms with van der Waals surface area (Å²) in [7, 11) is -7.92. The molecular weight excluding hydrogens is 410 g/mol. The van der Waals surface area contributed by atoms with Gasteiger partial charge in [0.05, 0.1) is 22.7 Å². The Kier molecular flexibility index (Phi) is 4.97. The third kappa shape index (κ3) is 3.89. The van der Waals surface area contributed by atoms with Crippen molar-refractivity contribution in [1.82, 2.24) is 0 Å². The lowest BCUT2D eigenvalue weighted by Crippen LogP contribution is -2.22. The largest absolute Gasteiger partial charge is 0.388 e. The van der Waals surface area contributed by atoms with E-state index < -0.39 is 35.9 Å². The number of nitrogens with zero attached hydrogens (tertiary/aromatic N) is 2. The Hall–Kier alpha value is -2.80. The Morgan fingerprint density at radius 3 is 2.36 bits per heavy atom. The molecule has 2 aromatic rings. The van der Waals surface area contributed by atoms with Gasteiger partial charge in [0.2, 0.25) is 0 Å². The Morgan fingerprint density at radius 1 is 1.04 bits per heavy atom. The van der Waals surface area contributed by atoms with Gasteiger partial charge in [0.15, 0.2) is 0 Å². The number of carbonyl (C=O) groups is 1. The van der Waals surface area contributed by atoms with Gasteiger partial charge >= 0.3 is 0 Å². The van der Waals surface area contributed by atoms with E-state index in [1.54, 1.807) is 25.2 Å². The van der Waals surface area contributed by atoms with E-state index in [2.05, 4.69) is 10.4 Å². The molecule has 1 amide bonds. The Balaban J connectivity index is 2.12. The molecule has 0 bridgehead atoms. The van der Waals surface area contributed by atoms with Crippen LogP contribution in [0, 0.1) is 0 Å². The fourth-order valence-electron chi connectivity index (χ4n) is 2.67. The summed E-state index contributed by atoms with van der Waals surface area (Å²) in [6.07, 6.45) is -0.127. The highest BCUT2D eigenvalue weighted by Gasteiger charge is 2.31. The van der Waals surface area contributed by atoms with Crippen LogP contribution in [0.1, 0.15) is 12.0 Å². The molecule has 0 spiro atoms. The van der Waals surface area contributed by atoms with E-state index in [9.17, 15) is 26.2 Å². The van der Waals surface area contributed by atoms with Gasteiger partial charge in [0.25, 0.3) is 26.1 Å². The molecule has 0 saturated heterocycles. The van der Waals surface area contributed by atoms with E-state index in [1.807, 2.05) is 6.07 Å². The number of hydrazone groups is 1. The lowest BCUT2D eigenvalue weighted by molar-refractivity contribution is -0.116. The van der Waals surface area contributed by atoms with Crippen molar-refractivity contribution in [3.63, 3.8) is 0 Å². The Bertz CT molecular complexity index is 1200. The molecule has 0 aromatic heterocycles. The first kappa shape index (κ1) is 19.9. The van der Waals surface area contributed by atoms with Gasteiger partial charge in [0.1, 0.15) is 4.90 Å². The molecule has 0 saturated carbocycles. The highest BCUT2D eigenvalue weighted by molar-refractivity contribution is 7.86. The number of benzene rings is 2. The molecule has 2 aromatic carbocycles. The Labute approximate surface area is 161 Å². The molecular formula is C16H15N3O7S2. The lowest BCUT2D eigenvalue weighted by Gasteiger charge is -2.15. The van der Waals surface area contributed by atoms with Crippen LogP contribution in [-0.4, -0.2) is 44.6 Å². The minimum absolute atomic E-state index is 0.127. The molecule has 1 aliphatic heterocycles. The normalized spacial score (nSPS) is 14.9. The fraction of sp³-hybridized carbons (Fsp3) is 0.125. The number of hydrogen-bond donors (Lipinski definition) is 3. The molecule has 0 radical (unpaired) electrons. The van der Waals surface area contributed by atoms with Crippen LogP contribution in [-0.2, 0) is 25.0 Å². The zero-order chi connectivity index (χ0) is 20.7. The number of carbonyl (C=O) groups excluding carboxylic acids is 1. The smallest absolute Gasteiger partial charge is 0.296 e. The van der Waals surface area contributed by atoms with Crippen LogP contribution in [0.3, 0.4) is 0 Å². The number of rotatable bonds is 5. The molecule has 3 N–H and O–H groups in total. The van der Waals surface area contributed by atoms with Crippen LogP contribution in [0.2, 0.25) is 0 Å². The second kappa shape index (κ2) is 6.98. The summed E-state index contributed by atoms with van der Waals surface area (Å²) in [6, 6.07) is 9.47. The summed E-state index contributed by atoms with van der Waals surface area (Å²) >= 11 is 0. The standard InChI is InChI=1S/C16H15N3O7S2/c1-17-11-4-2-3-10(7-11)13-9-16(20)19(18-13)14-6-5-12(27(21,22)23)8-15(14)28(24,25)26/h2-8,17H,9H2,1H3,(H,21,22,23)(H,24,25,26). The summed E-state index contributed by atoms with van der Waals surface area (Å²) in [6.45, 7) is 0. The van der Waals surface area contributed by atoms with Crippen LogP contribution in [0.5, 0.6) is 0 Å². The molecule has 1 heterocycles. The van der Waals surface area contributed by atoms with E-state index in [1.165, 1.54) is 0 Å². The van der Waals surface area contributed by atoms with E-state index in [0.29, 0.717) is 17.3 Å². The van der Waals surface area contributed by atoms with Gasteiger partial charge in [0, 0.05) is 18.3 Å². The summed E-state index contributed by atoms with van der Waals surface area (Å²) in [5, 5.41) is 7.86. The predicted octanol–water partition coefficient (Wildman–Crippen LogP) is 1.36. The number of anilines is 2. The maximum Gasteiger partial charge on any atom is 0.296 e. The summed E-state index contributed by atoms with van der Waals surface area (Å²) in [4.78, 5) is 10.8. The van der Waals surface area contributed by atoms with Gasteiger partial charge in [-0.3, -0.25) is 13.9 Å². The Morgan fingerprint density at radius 2 is 1.75 bits per heavy atom. The summed E-state index contributed by atoms with van der Waals surface area (Å²) < 4.78 is 64.5. The molecule has 148 valence electrons. The average molecular weight is 425 g/mol. The molecule has 0 atom stereocenters.